The molecule has 0 fully saturated rings. The van der Waals surface area contributed by atoms with Crippen molar-refractivity contribution in [3.63, 3.8) is 0 Å². The number of benzene rings is 1. The van der Waals surface area contributed by atoms with Crippen molar-refractivity contribution >= 4 is 11.6 Å². The molecule has 0 spiro atoms. The fraction of sp³-hybridized carbons (Fsp3) is 0.267. The fourth-order valence-electron chi connectivity index (χ4n) is 2.01. The molecular weight excluding hydrogens is 244 g/mol. The van der Waals surface area contributed by atoms with Crippen LogP contribution in [-0.4, -0.2) is 12.0 Å². The minimum absolute atomic E-state index is 0.188. The molecule has 1 unspecified atom stereocenters. The Kier molecular flexibility index (Phi) is 4.34. The fourth-order valence-corrected chi connectivity index (χ4v) is 2.38. The van der Waals surface area contributed by atoms with Crippen molar-refractivity contribution in [3.8, 4) is 0 Å². The van der Waals surface area contributed by atoms with Crippen molar-refractivity contribution in [2.24, 2.45) is 0 Å². The van der Waals surface area contributed by atoms with Crippen LogP contribution >= 0.6 is 11.6 Å². The third kappa shape index (κ3) is 3.09. The summed E-state index contributed by atoms with van der Waals surface area (Å²) in [6.45, 7) is 2.04. The maximum absolute atomic E-state index is 6.31. The number of nitrogens with zero attached hydrogens (tertiary/aromatic N) is 1. The van der Waals surface area contributed by atoms with Gasteiger partial charge in [-0.1, -0.05) is 29.8 Å². The van der Waals surface area contributed by atoms with Gasteiger partial charge in [-0.2, -0.15) is 0 Å². The second-order valence-electron chi connectivity index (χ2n) is 4.39. The number of pyridine rings is 1. The van der Waals surface area contributed by atoms with Gasteiger partial charge in [0.1, 0.15) is 0 Å². The van der Waals surface area contributed by atoms with E-state index in [2.05, 4.69) is 22.4 Å². The molecule has 0 amide bonds. The minimum Gasteiger partial charge on any atom is -0.313 e. The summed E-state index contributed by atoms with van der Waals surface area (Å²) in [5, 5.41) is 4.11. The smallest absolute Gasteiger partial charge is 0.0456 e. The molecule has 1 aromatic carbocycles. The zero-order chi connectivity index (χ0) is 13.0. The molecule has 1 atom stereocenters. The van der Waals surface area contributed by atoms with E-state index in [4.69, 9.17) is 11.6 Å². The Hall–Kier alpha value is -1.38. The molecule has 0 bridgehead atoms. The lowest BCUT2D eigenvalue weighted by atomic mass is 10.0. The van der Waals surface area contributed by atoms with Crippen molar-refractivity contribution in [2.45, 2.75) is 19.4 Å². The summed E-state index contributed by atoms with van der Waals surface area (Å²) in [5.41, 5.74) is 3.36. The Morgan fingerprint density at radius 2 is 2.11 bits per heavy atom. The molecule has 0 aliphatic heterocycles. The number of hydrogen-bond donors (Lipinski definition) is 1. The number of nitrogens with one attached hydrogen (secondary N) is 1. The molecule has 0 saturated heterocycles. The van der Waals surface area contributed by atoms with Crippen LogP contribution in [0, 0.1) is 6.92 Å². The van der Waals surface area contributed by atoms with Gasteiger partial charge in [-0.15, -0.1) is 0 Å². The summed E-state index contributed by atoms with van der Waals surface area (Å²) in [7, 11) is 1.95. The molecule has 1 N–H and O–H groups in total. The standard InChI is InChI=1S/C15H17ClN2/c1-11-6-7-13(14(16)9-11)15(17-2)10-12-5-3-4-8-18-12/h3-9,15,17H,10H2,1-2H3. The van der Waals surface area contributed by atoms with Crippen LogP contribution in [0.25, 0.3) is 0 Å². The highest BCUT2D eigenvalue weighted by Gasteiger charge is 2.13. The molecule has 0 saturated carbocycles. The van der Waals surface area contributed by atoms with Crippen LogP contribution in [-0.2, 0) is 6.42 Å². The SMILES string of the molecule is CNC(Cc1ccccn1)c1ccc(C)cc1Cl. The van der Waals surface area contributed by atoms with E-state index in [9.17, 15) is 0 Å². The van der Waals surface area contributed by atoms with Crippen LogP contribution < -0.4 is 5.32 Å². The Labute approximate surface area is 113 Å². The van der Waals surface area contributed by atoms with Gasteiger partial charge in [0.25, 0.3) is 0 Å². The number of likely N-dealkylation sites (N-methyl/N-ethyl adjacent to an activating group) is 1. The first-order valence-electron chi connectivity index (χ1n) is 6.04. The van der Waals surface area contributed by atoms with Crippen LogP contribution in [0.5, 0.6) is 0 Å². The Balaban J connectivity index is 2.23. The van der Waals surface area contributed by atoms with Gasteiger partial charge in [0, 0.05) is 29.4 Å². The third-order valence-electron chi connectivity index (χ3n) is 3.02. The Morgan fingerprint density at radius 3 is 2.72 bits per heavy atom. The van der Waals surface area contributed by atoms with Crippen LogP contribution in [0.2, 0.25) is 5.02 Å². The van der Waals surface area contributed by atoms with Crippen molar-refractivity contribution < 1.29 is 0 Å². The van der Waals surface area contributed by atoms with Gasteiger partial charge in [0.15, 0.2) is 0 Å². The monoisotopic (exact) mass is 260 g/mol. The number of aromatic nitrogens is 1. The van der Waals surface area contributed by atoms with Crippen molar-refractivity contribution in [2.75, 3.05) is 7.05 Å². The summed E-state index contributed by atoms with van der Waals surface area (Å²) >= 11 is 6.31. The molecule has 1 heterocycles. The highest BCUT2D eigenvalue weighted by Crippen LogP contribution is 2.26. The molecule has 3 heteroatoms. The summed E-state index contributed by atoms with van der Waals surface area (Å²) in [4.78, 5) is 4.36. The maximum Gasteiger partial charge on any atom is 0.0456 e. The number of aryl methyl sites for hydroxylation is 1. The second kappa shape index (κ2) is 5.98. The lowest BCUT2D eigenvalue weighted by Gasteiger charge is -2.18. The third-order valence-corrected chi connectivity index (χ3v) is 3.35. The molecule has 0 aliphatic rings. The van der Waals surface area contributed by atoms with Crippen molar-refractivity contribution in [1.82, 2.24) is 10.3 Å². The normalized spacial score (nSPS) is 12.4. The quantitative estimate of drug-likeness (QED) is 0.910. The summed E-state index contributed by atoms with van der Waals surface area (Å²) in [6, 6.07) is 12.3. The van der Waals surface area contributed by atoms with E-state index < -0.39 is 0 Å². The Morgan fingerprint density at radius 1 is 1.28 bits per heavy atom. The highest BCUT2D eigenvalue weighted by molar-refractivity contribution is 6.31. The van der Waals surface area contributed by atoms with Crippen LogP contribution in [0.4, 0.5) is 0 Å². The first-order valence-corrected chi connectivity index (χ1v) is 6.41. The van der Waals surface area contributed by atoms with Crippen molar-refractivity contribution in [3.05, 3.63) is 64.4 Å². The van der Waals surface area contributed by atoms with Crippen LogP contribution in [0.1, 0.15) is 22.9 Å². The van der Waals surface area contributed by atoms with Gasteiger partial charge in [-0.25, -0.2) is 0 Å². The molecule has 2 aromatic rings. The van der Waals surface area contributed by atoms with Gasteiger partial charge in [-0.05, 0) is 43.3 Å². The zero-order valence-corrected chi connectivity index (χ0v) is 11.4. The zero-order valence-electron chi connectivity index (χ0n) is 10.7. The van der Waals surface area contributed by atoms with E-state index in [0.29, 0.717) is 0 Å². The number of halogens is 1. The summed E-state index contributed by atoms with van der Waals surface area (Å²) in [5.74, 6) is 0. The van der Waals surface area contributed by atoms with Gasteiger partial charge in [0.05, 0.1) is 0 Å². The maximum atomic E-state index is 6.31. The lowest BCUT2D eigenvalue weighted by Crippen LogP contribution is -2.19. The van der Waals surface area contributed by atoms with E-state index in [0.717, 1.165) is 22.7 Å². The highest BCUT2D eigenvalue weighted by atomic mass is 35.5. The molecule has 2 nitrogen and oxygen atoms in total. The molecule has 0 aliphatic carbocycles. The van der Waals surface area contributed by atoms with E-state index in [1.54, 1.807) is 0 Å². The Bertz CT molecular complexity index is 511. The number of hydrogen-bond acceptors (Lipinski definition) is 2. The topological polar surface area (TPSA) is 24.9 Å². The summed E-state index contributed by atoms with van der Waals surface area (Å²) in [6.07, 6.45) is 2.65. The minimum atomic E-state index is 0.188. The van der Waals surface area contributed by atoms with E-state index in [1.807, 2.05) is 44.4 Å². The molecule has 1 aromatic heterocycles. The van der Waals surface area contributed by atoms with E-state index in [-0.39, 0.29) is 6.04 Å². The molecule has 2 rings (SSSR count). The molecule has 0 radical (unpaired) electrons. The molecule has 18 heavy (non-hydrogen) atoms. The molecule has 94 valence electrons. The first kappa shape index (κ1) is 13.1. The average molecular weight is 261 g/mol. The van der Waals surface area contributed by atoms with Gasteiger partial charge in [-0.3, -0.25) is 4.98 Å². The predicted octanol–water partition coefficient (Wildman–Crippen LogP) is 3.55. The number of rotatable bonds is 4. The van der Waals surface area contributed by atoms with Gasteiger partial charge >= 0.3 is 0 Å². The van der Waals surface area contributed by atoms with E-state index >= 15 is 0 Å². The lowest BCUT2D eigenvalue weighted by molar-refractivity contribution is 0.584. The summed E-state index contributed by atoms with van der Waals surface area (Å²) < 4.78 is 0. The first-order chi connectivity index (χ1) is 8.70. The average Bonchev–Trinajstić information content (AvgIpc) is 2.38. The second-order valence-corrected chi connectivity index (χ2v) is 4.80. The predicted molar refractivity (Wildman–Crippen MR) is 75.9 cm³/mol. The van der Waals surface area contributed by atoms with Crippen LogP contribution in [0.15, 0.2) is 42.6 Å². The van der Waals surface area contributed by atoms with E-state index in [1.165, 1.54) is 5.56 Å². The van der Waals surface area contributed by atoms with Crippen molar-refractivity contribution in [1.29, 1.82) is 0 Å². The van der Waals surface area contributed by atoms with Gasteiger partial charge < -0.3 is 5.32 Å². The largest absolute Gasteiger partial charge is 0.313 e. The molecular formula is C15H17ClN2. The van der Waals surface area contributed by atoms with Crippen LogP contribution in [0.3, 0.4) is 0 Å². The van der Waals surface area contributed by atoms with Gasteiger partial charge in [0.2, 0.25) is 0 Å².